The lowest BCUT2D eigenvalue weighted by Crippen LogP contribution is -2.53. The van der Waals surface area contributed by atoms with Gasteiger partial charge in [-0.05, 0) is 68.6 Å². The van der Waals surface area contributed by atoms with Crippen molar-refractivity contribution in [2.45, 2.75) is 108 Å². The summed E-state index contributed by atoms with van der Waals surface area (Å²) in [5, 5.41) is 23.1. The lowest BCUT2D eigenvalue weighted by molar-refractivity contribution is -0.0542. The molecule has 3 aliphatic carbocycles. The summed E-state index contributed by atoms with van der Waals surface area (Å²) in [4.78, 5) is 23.6. The number of nitrogens with one attached hydrogen (secondary N) is 1. The molecule has 41 heavy (non-hydrogen) atoms. The molecule has 0 aliphatic heterocycles. The number of imidazole rings is 2. The van der Waals surface area contributed by atoms with Crippen molar-refractivity contribution in [1.29, 1.82) is 0 Å². The largest absolute Gasteiger partial charge is 0.388 e. The van der Waals surface area contributed by atoms with E-state index in [2.05, 4.69) is 77.7 Å². The number of nitrogens with zero attached hydrogens (tertiary/aromatic N) is 6. The molecule has 218 valence electrons. The minimum Gasteiger partial charge on any atom is -0.388 e. The first kappa shape index (κ1) is 26.8. The molecule has 0 bridgehead atoms. The van der Waals surface area contributed by atoms with E-state index < -0.39 is 11.7 Å². The van der Waals surface area contributed by atoms with Crippen molar-refractivity contribution < 1.29 is 10.2 Å². The highest BCUT2D eigenvalue weighted by Crippen LogP contribution is 2.63. The van der Waals surface area contributed by atoms with E-state index in [0.717, 1.165) is 42.5 Å². The SMILES string of the molecule is CC(C)N(C1CC(CCc2nc3ccc(C(C)(C)C)cc3[nH]2)C1)C1[C@H]2C[C@@H](n3cnc4c(N)ncnc43)[C@H](O)[C@@]12O. The molecule has 5 N–H and O–H groups in total. The van der Waals surface area contributed by atoms with E-state index in [0.29, 0.717) is 41.4 Å². The van der Waals surface area contributed by atoms with Crippen LogP contribution in [0.3, 0.4) is 0 Å². The van der Waals surface area contributed by atoms with Gasteiger partial charge in [0.05, 0.1) is 23.4 Å². The monoisotopic (exact) mass is 558 g/mol. The van der Waals surface area contributed by atoms with Crippen molar-refractivity contribution in [3.63, 3.8) is 0 Å². The van der Waals surface area contributed by atoms with Crippen LogP contribution in [0.15, 0.2) is 30.9 Å². The topological polar surface area (TPSA) is 142 Å². The third-order valence-electron chi connectivity index (χ3n) is 10.2. The number of aliphatic hydroxyl groups excluding tert-OH is 1. The molecule has 1 aromatic carbocycles. The van der Waals surface area contributed by atoms with E-state index in [1.54, 1.807) is 6.33 Å². The number of hydrogen-bond donors (Lipinski definition) is 4. The Labute approximate surface area is 240 Å². The average Bonchev–Trinajstić information content (AvgIpc) is 3.26. The summed E-state index contributed by atoms with van der Waals surface area (Å²) >= 11 is 0. The molecule has 3 aromatic heterocycles. The van der Waals surface area contributed by atoms with Crippen molar-refractivity contribution in [2.24, 2.45) is 11.8 Å². The van der Waals surface area contributed by atoms with E-state index in [1.807, 2.05) is 4.57 Å². The number of aliphatic hydroxyl groups is 2. The number of aromatic amines is 1. The van der Waals surface area contributed by atoms with Crippen molar-refractivity contribution >= 4 is 28.0 Å². The van der Waals surface area contributed by atoms with Crippen LogP contribution >= 0.6 is 0 Å². The summed E-state index contributed by atoms with van der Waals surface area (Å²) in [7, 11) is 0. The third kappa shape index (κ3) is 4.17. The van der Waals surface area contributed by atoms with Gasteiger partial charge in [-0.25, -0.2) is 19.9 Å². The molecule has 5 atom stereocenters. The molecule has 3 fully saturated rings. The van der Waals surface area contributed by atoms with Crippen molar-refractivity contribution in [3.05, 3.63) is 42.2 Å². The normalized spacial score (nSPS) is 31.3. The van der Waals surface area contributed by atoms with Gasteiger partial charge >= 0.3 is 0 Å². The fourth-order valence-corrected chi connectivity index (χ4v) is 7.82. The van der Waals surface area contributed by atoms with Gasteiger partial charge in [0.2, 0.25) is 0 Å². The average molecular weight is 559 g/mol. The van der Waals surface area contributed by atoms with Crippen LogP contribution in [0.2, 0.25) is 0 Å². The van der Waals surface area contributed by atoms with E-state index in [-0.39, 0.29) is 23.4 Å². The molecule has 0 amide bonds. The summed E-state index contributed by atoms with van der Waals surface area (Å²) in [6.45, 7) is 11.1. The smallest absolute Gasteiger partial charge is 0.165 e. The van der Waals surface area contributed by atoms with Gasteiger partial charge in [0.15, 0.2) is 11.5 Å². The number of aromatic nitrogens is 6. The Morgan fingerprint density at radius 1 is 1.17 bits per heavy atom. The maximum absolute atomic E-state index is 11.7. The predicted octanol–water partition coefficient (Wildman–Crippen LogP) is 3.74. The lowest BCUT2D eigenvalue weighted by Gasteiger charge is -2.47. The van der Waals surface area contributed by atoms with Crippen molar-refractivity contribution in [3.8, 4) is 0 Å². The molecule has 0 spiro atoms. The number of rotatable bonds is 7. The van der Waals surface area contributed by atoms with E-state index in [9.17, 15) is 10.2 Å². The zero-order valence-electron chi connectivity index (χ0n) is 24.6. The van der Waals surface area contributed by atoms with Crippen LogP contribution in [0.25, 0.3) is 22.2 Å². The number of fused-ring (bicyclic) bond motifs is 3. The van der Waals surface area contributed by atoms with E-state index in [4.69, 9.17) is 10.7 Å². The summed E-state index contributed by atoms with van der Waals surface area (Å²) in [5.74, 6) is 2.06. The molecule has 10 heteroatoms. The number of aryl methyl sites for hydroxylation is 1. The molecule has 0 saturated heterocycles. The van der Waals surface area contributed by atoms with Crippen LogP contribution in [0.1, 0.15) is 77.7 Å². The molecule has 3 aliphatic rings. The summed E-state index contributed by atoms with van der Waals surface area (Å²) in [6.07, 6.45) is 7.16. The van der Waals surface area contributed by atoms with Crippen LogP contribution in [0.5, 0.6) is 0 Å². The molecule has 10 nitrogen and oxygen atoms in total. The number of hydrogen-bond acceptors (Lipinski definition) is 8. The molecule has 7 rings (SSSR count). The van der Waals surface area contributed by atoms with Gasteiger partial charge in [0.1, 0.15) is 29.4 Å². The predicted molar refractivity (Wildman–Crippen MR) is 158 cm³/mol. The van der Waals surface area contributed by atoms with Gasteiger partial charge in [-0.1, -0.05) is 26.8 Å². The number of H-pyrrole nitrogens is 1. The van der Waals surface area contributed by atoms with Gasteiger partial charge in [0, 0.05) is 30.5 Å². The van der Waals surface area contributed by atoms with Crippen LogP contribution in [0, 0.1) is 11.8 Å². The first-order valence-electron chi connectivity index (χ1n) is 15.1. The van der Waals surface area contributed by atoms with E-state index in [1.165, 1.54) is 11.9 Å². The zero-order valence-corrected chi connectivity index (χ0v) is 24.6. The quantitative estimate of drug-likeness (QED) is 0.269. The minimum absolute atomic E-state index is 0.0223. The highest BCUT2D eigenvalue weighted by atomic mass is 16.4. The Bertz CT molecular complexity index is 1600. The summed E-state index contributed by atoms with van der Waals surface area (Å²) < 4.78 is 1.86. The molecule has 3 heterocycles. The number of nitrogen functional groups attached to an aromatic ring is 1. The molecular formula is C31H42N8O2. The first-order valence-corrected chi connectivity index (χ1v) is 15.1. The zero-order chi connectivity index (χ0) is 28.8. The first-order chi connectivity index (χ1) is 19.5. The third-order valence-corrected chi connectivity index (χ3v) is 10.2. The van der Waals surface area contributed by atoms with Crippen LogP contribution in [-0.2, 0) is 11.8 Å². The molecule has 4 aromatic rings. The Morgan fingerprint density at radius 3 is 2.63 bits per heavy atom. The van der Waals surface area contributed by atoms with Crippen LogP contribution < -0.4 is 5.73 Å². The molecule has 1 unspecified atom stereocenters. The van der Waals surface area contributed by atoms with Gasteiger partial charge in [-0.2, -0.15) is 0 Å². The van der Waals surface area contributed by atoms with Gasteiger partial charge in [-0.3, -0.25) is 4.90 Å². The number of anilines is 1. The maximum Gasteiger partial charge on any atom is 0.165 e. The Hall–Kier alpha value is -3.08. The maximum atomic E-state index is 11.7. The molecular weight excluding hydrogens is 516 g/mol. The Morgan fingerprint density at radius 2 is 1.95 bits per heavy atom. The van der Waals surface area contributed by atoms with Gasteiger partial charge in [-0.15, -0.1) is 0 Å². The minimum atomic E-state index is -1.12. The number of nitrogens with two attached hydrogens (primary N) is 1. The van der Waals surface area contributed by atoms with Crippen molar-refractivity contribution in [1.82, 2.24) is 34.4 Å². The van der Waals surface area contributed by atoms with Crippen LogP contribution in [-0.4, -0.2) is 74.4 Å². The van der Waals surface area contributed by atoms with Crippen LogP contribution in [0.4, 0.5) is 5.82 Å². The highest BCUT2D eigenvalue weighted by Gasteiger charge is 2.76. The molecule has 3 saturated carbocycles. The highest BCUT2D eigenvalue weighted by molar-refractivity contribution is 5.81. The molecule has 0 radical (unpaired) electrons. The summed E-state index contributed by atoms with van der Waals surface area (Å²) in [5.41, 5.74) is 9.57. The lowest BCUT2D eigenvalue weighted by atomic mass is 9.76. The Balaban J connectivity index is 0.986. The van der Waals surface area contributed by atoms with Gasteiger partial charge < -0.3 is 25.5 Å². The second-order valence-corrected chi connectivity index (χ2v) is 14.0. The standard InChI is InChI=1S/C31H42N8O2/c1-16(2)39(19-10-17(11-19)6-9-24-36-21-8-7-18(30(3,4)5)12-22(21)37-24)26-20-13-23(27(40)31(20,26)41)38-15-35-25-28(32)33-14-34-29(25)38/h7-8,12,14-17,19-20,23,26-27,40-41H,6,9-11,13H2,1-5H3,(H,36,37)(H2,32,33,34)/t17?,19?,20-,23-,26?,27+,31+/m1/s1. The Kier molecular flexibility index (Phi) is 6.02. The van der Waals surface area contributed by atoms with E-state index >= 15 is 0 Å². The van der Waals surface area contributed by atoms with Gasteiger partial charge in [0.25, 0.3) is 0 Å². The fraction of sp³-hybridized carbons (Fsp3) is 0.613. The second kappa shape index (κ2) is 9.21. The second-order valence-electron chi connectivity index (χ2n) is 14.0. The van der Waals surface area contributed by atoms with Crippen molar-refractivity contribution in [2.75, 3.05) is 5.73 Å². The fourth-order valence-electron chi connectivity index (χ4n) is 7.82. The summed E-state index contributed by atoms with van der Waals surface area (Å²) in [6, 6.07) is 6.96. The number of benzene rings is 1.